The molecular weight excluding hydrogens is 266 g/mol. The molecule has 1 aromatic rings. The zero-order chi connectivity index (χ0) is 14.5. The molecule has 5 N–H and O–H groups in total. The maximum Gasteiger partial charge on any atom is 0.239 e. The molecule has 1 atom stereocenters. The van der Waals surface area contributed by atoms with Crippen LogP contribution in [0.4, 0.5) is 20.2 Å². The fraction of sp³-hybridized carbons (Fsp3) is 0.462. The lowest BCUT2D eigenvalue weighted by Crippen LogP contribution is -2.31. The van der Waals surface area contributed by atoms with Gasteiger partial charge < -0.3 is 21.7 Å². The molecule has 1 aromatic carbocycles. The monoisotopic (exact) mass is 284 g/mol. The topological polar surface area (TPSA) is 79.2 Å². The van der Waals surface area contributed by atoms with Gasteiger partial charge in [-0.3, -0.25) is 4.79 Å². The Morgan fingerprint density at radius 3 is 2.80 bits per heavy atom. The summed E-state index contributed by atoms with van der Waals surface area (Å²) in [5.74, 6) is -0.364. The largest absolute Gasteiger partial charge is 0.363 e. The number of fused-ring (bicyclic) bond motifs is 1. The van der Waals surface area contributed by atoms with E-state index in [1.54, 1.807) is 0 Å². The van der Waals surface area contributed by atoms with Gasteiger partial charge in [0, 0.05) is 25.9 Å². The van der Waals surface area contributed by atoms with Gasteiger partial charge in [-0.15, -0.1) is 0 Å². The zero-order valence-corrected chi connectivity index (χ0v) is 11.0. The van der Waals surface area contributed by atoms with E-state index in [0.717, 1.165) is 16.9 Å². The van der Waals surface area contributed by atoms with E-state index in [2.05, 4.69) is 16.0 Å². The highest BCUT2D eigenvalue weighted by molar-refractivity contribution is 5.77. The van der Waals surface area contributed by atoms with Crippen LogP contribution >= 0.6 is 0 Å². The predicted octanol–water partition coefficient (Wildman–Crippen LogP) is 1.47. The zero-order valence-electron chi connectivity index (χ0n) is 11.0. The quantitative estimate of drug-likeness (QED) is 0.638. The molecule has 0 saturated heterocycles. The minimum atomic E-state index is -2.44. The van der Waals surface area contributed by atoms with Crippen molar-refractivity contribution in [1.29, 1.82) is 0 Å². The third-order valence-corrected chi connectivity index (χ3v) is 3.06. The first-order valence-corrected chi connectivity index (χ1v) is 6.49. The second-order valence-corrected chi connectivity index (χ2v) is 4.66. The number of benzene rings is 1. The summed E-state index contributed by atoms with van der Waals surface area (Å²) in [6.07, 6.45) is -2.98. The molecule has 110 valence electrons. The average Bonchev–Trinajstić information content (AvgIpc) is 2.85. The minimum Gasteiger partial charge on any atom is -0.363 e. The van der Waals surface area contributed by atoms with Crippen molar-refractivity contribution in [3.05, 3.63) is 23.8 Å². The van der Waals surface area contributed by atoms with Crippen molar-refractivity contribution in [2.75, 3.05) is 17.2 Å². The molecule has 1 aliphatic rings. The number of nitrogens with two attached hydrogens (primary N) is 1. The van der Waals surface area contributed by atoms with Crippen molar-refractivity contribution in [3.8, 4) is 0 Å². The molecule has 0 spiro atoms. The maximum atomic E-state index is 12.0. The van der Waals surface area contributed by atoms with Crippen molar-refractivity contribution in [3.63, 3.8) is 0 Å². The number of hydrogen-bond donors (Lipinski definition) is 4. The molecule has 1 aliphatic heterocycles. The van der Waals surface area contributed by atoms with E-state index in [1.807, 2.05) is 18.2 Å². The van der Waals surface area contributed by atoms with Crippen LogP contribution in [0, 0.1) is 0 Å². The van der Waals surface area contributed by atoms with Gasteiger partial charge in [0.25, 0.3) is 0 Å². The Kier molecular flexibility index (Phi) is 4.73. The number of alkyl halides is 2. The minimum absolute atomic E-state index is 0.0147. The van der Waals surface area contributed by atoms with Crippen LogP contribution in [-0.4, -0.2) is 25.0 Å². The summed E-state index contributed by atoms with van der Waals surface area (Å²) in [4.78, 5) is 11.4. The first-order valence-electron chi connectivity index (χ1n) is 6.49. The van der Waals surface area contributed by atoms with Crippen molar-refractivity contribution < 1.29 is 13.6 Å². The number of carbonyl (C=O) groups excluding carboxylic acids is 1. The second kappa shape index (κ2) is 6.51. The summed E-state index contributed by atoms with van der Waals surface area (Å²) in [6.45, 7) is 0.790. The first kappa shape index (κ1) is 14.5. The van der Waals surface area contributed by atoms with E-state index >= 15 is 0 Å². The summed E-state index contributed by atoms with van der Waals surface area (Å²) >= 11 is 0. The SMILES string of the molecule is NCC1Nc2ccc(CNC(=O)CCC(F)F)cc2N1. The summed E-state index contributed by atoms with van der Waals surface area (Å²) in [7, 11) is 0. The number of carbonyl (C=O) groups is 1. The molecule has 1 heterocycles. The van der Waals surface area contributed by atoms with Crippen LogP contribution in [0.1, 0.15) is 18.4 Å². The Morgan fingerprint density at radius 1 is 1.35 bits per heavy atom. The predicted molar refractivity (Wildman–Crippen MR) is 73.6 cm³/mol. The molecule has 0 radical (unpaired) electrons. The number of amides is 1. The van der Waals surface area contributed by atoms with Gasteiger partial charge in [0.15, 0.2) is 0 Å². The van der Waals surface area contributed by atoms with Crippen LogP contribution in [0.25, 0.3) is 0 Å². The molecular formula is C13H18F2N4O. The Balaban J connectivity index is 1.84. The van der Waals surface area contributed by atoms with Crippen molar-refractivity contribution in [2.45, 2.75) is 32.0 Å². The van der Waals surface area contributed by atoms with Gasteiger partial charge in [0.05, 0.1) is 11.4 Å². The van der Waals surface area contributed by atoms with Crippen LogP contribution in [0.3, 0.4) is 0 Å². The summed E-state index contributed by atoms with van der Waals surface area (Å²) in [6, 6.07) is 5.68. The molecule has 0 bridgehead atoms. The first-order chi connectivity index (χ1) is 9.58. The van der Waals surface area contributed by atoms with Gasteiger partial charge >= 0.3 is 0 Å². The van der Waals surface area contributed by atoms with Crippen LogP contribution in [0.5, 0.6) is 0 Å². The number of anilines is 2. The van der Waals surface area contributed by atoms with Crippen molar-refractivity contribution >= 4 is 17.3 Å². The maximum absolute atomic E-state index is 12.0. The molecule has 0 aliphatic carbocycles. The summed E-state index contributed by atoms with van der Waals surface area (Å²) in [5.41, 5.74) is 8.36. The van der Waals surface area contributed by atoms with Gasteiger partial charge in [-0.2, -0.15) is 0 Å². The highest BCUT2D eigenvalue weighted by Crippen LogP contribution is 2.29. The van der Waals surface area contributed by atoms with Crippen LogP contribution in [0.2, 0.25) is 0 Å². The van der Waals surface area contributed by atoms with Crippen LogP contribution < -0.4 is 21.7 Å². The van der Waals surface area contributed by atoms with Crippen molar-refractivity contribution in [1.82, 2.24) is 5.32 Å². The molecule has 0 fully saturated rings. The lowest BCUT2D eigenvalue weighted by atomic mass is 10.1. The van der Waals surface area contributed by atoms with Crippen LogP contribution in [0.15, 0.2) is 18.2 Å². The van der Waals surface area contributed by atoms with E-state index in [1.165, 1.54) is 0 Å². The Bertz CT molecular complexity index is 481. The second-order valence-electron chi connectivity index (χ2n) is 4.66. The Labute approximate surface area is 115 Å². The summed E-state index contributed by atoms with van der Waals surface area (Å²) in [5, 5.41) is 9.03. The Morgan fingerprint density at radius 2 is 2.10 bits per heavy atom. The number of nitrogens with one attached hydrogen (secondary N) is 3. The molecule has 0 saturated carbocycles. The molecule has 1 amide bonds. The van der Waals surface area contributed by atoms with Gasteiger partial charge in [0.2, 0.25) is 12.3 Å². The number of rotatable bonds is 6. The van der Waals surface area contributed by atoms with Gasteiger partial charge in [-0.25, -0.2) is 8.78 Å². The average molecular weight is 284 g/mol. The fourth-order valence-electron chi connectivity index (χ4n) is 2.01. The highest BCUT2D eigenvalue weighted by atomic mass is 19.3. The highest BCUT2D eigenvalue weighted by Gasteiger charge is 2.17. The van der Waals surface area contributed by atoms with Crippen LogP contribution in [-0.2, 0) is 11.3 Å². The molecule has 7 heteroatoms. The smallest absolute Gasteiger partial charge is 0.239 e. The van der Waals surface area contributed by atoms with E-state index < -0.39 is 12.8 Å². The normalized spacial score (nSPS) is 16.5. The molecule has 1 unspecified atom stereocenters. The standard InChI is InChI=1S/C13H18F2N4O/c14-11(15)3-4-13(20)17-7-8-1-2-9-10(5-8)19-12(6-16)18-9/h1-2,5,11-12,18-19H,3-4,6-7,16H2,(H,17,20). The van der Waals surface area contributed by atoms with Crippen molar-refractivity contribution in [2.24, 2.45) is 5.73 Å². The molecule has 2 rings (SSSR count). The van der Waals surface area contributed by atoms with Gasteiger partial charge in [-0.05, 0) is 17.7 Å². The number of hydrogen-bond acceptors (Lipinski definition) is 4. The third kappa shape index (κ3) is 3.80. The van der Waals surface area contributed by atoms with E-state index in [-0.39, 0.29) is 18.5 Å². The number of halogens is 2. The Hall–Kier alpha value is -1.89. The fourth-order valence-corrected chi connectivity index (χ4v) is 2.01. The van der Waals surface area contributed by atoms with E-state index in [4.69, 9.17) is 5.73 Å². The van der Waals surface area contributed by atoms with Gasteiger partial charge in [-0.1, -0.05) is 6.07 Å². The van der Waals surface area contributed by atoms with Gasteiger partial charge in [0.1, 0.15) is 6.17 Å². The summed E-state index contributed by atoms with van der Waals surface area (Å²) < 4.78 is 23.9. The lowest BCUT2D eigenvalue weighted by Gasteiger charge is -2.07. The van der Waals surface area contributed by atoms with E-state index in [9.17, 15) is 13.6 Å². The lowest BCUT2D eigenvalue weighted by molar-refractivity contribution is -0.122. The van der Waals surface area contributed by atoms with E-state index in [0.29, 0.717) is 13.1 Å². The molecule has 20 heavy (non-hydrogen) atoms. The molecule has 5 nitrogen and oxygen atoms in total. The molecule has 0 aromatic heterocycles. The third-order valence-electron chi connectivity index (χ3n) is 3.06.